The summed E-state index contributed by atoms with van der Waals surface area (Å²) >= 11 is 3.55. The first-order chi connectivity index (χ1) is 16.4. The molecule has 3 aromatic rings. The van der Waals surface area contributed by atoms with Gasteiger partial charge in [0.15, 0.2) is 5.78 Å². The molecule has 2 saturated heterocycles. The molecule has 1 N–H and O–H groups in total. The van der Waals surface area contributed by atoms with E-state index in [2.05, 4.69) is 56.7 Å². The Morgan fingerprint density at radius 2 is 1.82 bits per heavy atom. The molecule has 2 aromatic carbocycles. The van der Waals surface area contributed by atoms with Crippen LogP contribution in [0.15, 0.2) is 34.8 Å². The van der Waals surface area contributed by atoms with Crippen LogP contribution >= 0.6 is 15.9 Å². The largest absolute Gasteiger partial charge is 0.370 e. The van der Waals surface area contributed by atoms with Crippen molar-refractivity contribution in [2.45, 2.75) is 51.0 Å². The van der Waals surface area contributed by atoms with Crippen molar-refractivity contribution in [3.63, 3.8) is 0 Å². The quantitative estimate of drug-likeness (QED) is 0.471. The highest BCUT2D eigenvalue weighted by Crippen LogP contribution is 2.46. The van der Waals surface area contributed by atoms with E-state index in [1.807, 2.05) is 24.3 Å². The number of aromatic nitrogens is 1. The normalized spacial score (nSPS) is 20.4. The molecule has 0 radical (unpaired) electrons. The summed E-state index contributed by atoms with van der Waals surface area (Å²) in [6.07, 6.45) is 4.90. The SMILES string of the molecule is CC1(C)c2cc(N3CCC(N4CCCC4)CC3)c(C#N)cc2C(=O)c2c1[nH]c1cc(Br)ccc21. The number of hydrogen-bond donors (Lipinski definition) is 1. The third kappa shape index (κ3) is 3.25. The minimum atomic E-state index is -0.374. The number of hydrogen-bond acceptors (Lipinski definition) is 4. The fraction of sp³-hybridized carbons (Fsp3) is 0.429. The summed E-state index contributed by atoms with van der Waals surface area (Å²) < 4.78 is 0.979. The number of ketones is 1. The molecule has 6 rings (SSSR count). The van der Waals surface area contributed by atoms with Crippen molar-refractivity contribution in [1.82, 2.24) is 9.88 Å². The maximum absolute atomic E-state index is 13.7. The van der Waals surface area contributed by atoms with Gasteiger partial charge >= 0.3 is 0 Å². The van der Waals surface area contributed by atoms with Crippen molar-refractivity contribution in [3.05, 3.63) is 62.8 Å². The lowest BCUT2D eigenvalue weighted by molar-refractivity contribution is 0.103. The number of H-pyrrole nitrogens is 1. The number of anilines is 1. The summed E-state index contributed by atoms with van der Waals surface area (Å²) in [5, 5.41) is 11.0. The van der Waals surface area contributed by atoms with Crippen LogP contribution in [0.1, 0.15) is 72.3 Å². The molecular weight excluding hydrogens is 488 g/mol. The van der Waals surface area contributed by atoms with E-state index in [0.717, 1.165) is 63.8 Å². The number of rotatable bonds is 2. The number of carbonyl (C=O) groups excluding carboxylic acids is 1. The van der Waals surface area contributed by atoms with E-state index in [0.29, 0.717) is 17.2 Å². The van der Waals surface area contributed by atoms with E-state index in [1.54, 1.807) is 0 Å². The summed E-state index contributed by atoms with van der Waals surface area (Å²) in [6.45, 7) is 8.72. The first-order valence-corrected chi connectivity index (χ1v) is 13.1. The van der Waals surface area contributed by atoms with Gasteiger partial charge in [-0.15, -0.1) is 0 Å². The van der Waals surface area contributed by atoms with Crippen LogP contribution in [-0.4, -0.2) is 47.9 Å². The Bertz CT molecular complexity index is 1350. The zero-order valence-electron chi connectivity index (χ0n) is 19.7. The van der Waals surface area contributed by atoms with Crippen molar-refractivity contribution in [2.24, 2.45) is 0 Å². The van der Waals surface area contributed by atoms with Crippen LogP contribution in [0.4, 0.5) is 5.69 Å². The zero-order chi connectivity index (χ0) is 23.6. The van der Waals surface area contributed by atoms with Crippen LogP contribution < -0.4 is 4.90 Å². The number of carbonyl (C=O) groups is 1. The van der Waals surface area contributed by atoms with Gasteiger partial charge in [0.2, 0.25) is 0 Å². The van der Waals surface area contributed by atoms with Gasteiger partial charge in [-0.2, -0.15) is 5.26 Å². The fourth-order valence-electron chi connectivity index (χ4n) is 6.37. The van der Waals surface area contributed by atoms with E-state index in [4.69, 9.17) is 0 Å². The van der Waals surface area contributed by atoms with Crippen LogP contribution in [0, 0.1) is 11.3 Å². The predicted molar refractivity (Wildman–Crippen MR) is 139 cm³/mol. The molecule has 0 bridgehead atoms. The van der Waals surface area contributed by atoms with Gasteiger partial charge in [0.25, 0.3) is 0 Å². The molecule has 6 heteroatoms. The minimum Gasteiger partial charge on any atom is -0.370 e. The highest BCUT2D eigenvalue weighted by molar-refractivity contribution is 9.10. The highest BCUT2D eigenvalue weighted by atomic mass is 79.9. The minimum absolute atomic E-state index is 0.00805. The maximum Gasteiger partial charge on any atom is 0.195 e. The smallest absolute Gasteiger partial charge is 0.195 e. The zero-order valence-corrected chi connectivity index (χ0v) is 21.3. The van der Waals surface area contributed by atoms with Crippen LogP contribution in [0.5, 0.6) is 0 Å². The Morgan fingerprint density at radius 3 is 2.53 bits per heavy atom. The van der Waals surface area contributed by atoms with Gasteiger partial charge in [0.05, 0.1) is 16.8 Å². The van der Waals surface area contributed by atoms with E-state index >= 15 is 0 Å². The average molecular weight is 517 g/mol. The van der Waals surface area contributed by atoms with E-state index < -0.39 is 0 Å². The van der Waals surface area contributed by atoms with E-state index in [1.165, 1.54) is 25.9 Å². The molecule has 174 valence electrons. The number of likely N-dealkylation sites (tertiary alicyclic amines) is 1. The Hall–Kier alpha value is -2.62. The van der Waals surface area contributed by atoms with E-state index in [-0.39, 0.29) is 11.2 Å². The Balaban J connectivity index is 1.40. The monoisotopic (exact) mass is 516 g/mol. The molecule has 5 nitrogen and oxygen atoms in total. The number of benzene rings is 2. The molecule has 3 heterocycles. The molecule has 3 aliphatic rings. The fourth-order valence-corrected chi connectivity index (χ4v) is 6.73. The van der Waals surface area contributed by atoms with Crippen molar-refractivity contribution in [3.8, 4) is 6.07 Å². The van der Waals surface area contributed by atoms with Crippen molar-refractivity contribution in [2.75, 3.05) is 31.1 Å². The number of nitriles is 1. The number of piperidine rings is 1. The molecule has 2 fully saturated rings. The number of nitrogens with zero attached hydrogens (tertiary/aromatic N) is 3. The number of aromatic amines is 1. The van der Waals surface area contributed by atoms with Crippen molar-refractivity contribution >= 4 is 38.3 Å². The first kappa shape index (κ1) is 21.9. The van der Waals surface area contributed by atoms with E-state index in [9.17, 15) is 10.1 Å². The summed E-state index contributed by atoms with van der Waals surface area (Å²) in [5.41, 5.74) is 5.53. The van der Waals surface area contributed by atoms with Crippen molar-refractivity contribution < 1.29 is 4.79 Å². The average Bonchev–Trinajstić information content (AvgIpc) is 3.51. The van der Waals surface area contributed by atoms with Gasteiger partial charge in [-0.05, 0) is 68.6 Å². The van der Waals surface area contributed by atoms with Gasteiger partial charge in [0.1, 0.15) is 6.07 Å². The van der Waals surface area contributed by atoms with Crippen LogP contribution in [-0.2, 0) is 5.41 Å². The molecule has 0 atom stereocenters. The predicted octanol–water partition coefficient (Wildman–Crippen LogP) is 5.74. The first-order valence-electron chi connectivity index (χ1n) is 12.3. The second-order valence-electron chi connectivity index (χ2n) is 10.5. The highest BCUT2D eigenvalue weighted by Gasteiger charge is 2.41. The standard InChI is InChI=1S/C28H29BrN4O/c1-28(2)22-15-24(33-11-7-19(8-12-33)32-9-3-4-10-32)17(16-30)13-21(22)26(34)25-20-6-5-18(29)14-23(20)31-27(25)28/h5-6,13-15,19,31H,3-4,7-12H2,1-2H3. The molecule has 34 heavy (non-hydrogen) atoms. The molecule has 1 aliphatic carbocycles. The second kappa shape index (κ2) is 7.96. The lowest BCUT2D eigenvalue weighted by Gasteiger charge is -2.39. The Morgan fingerprint density at radius 1 is 1.09 bits per heavy atom. The van der Waals surface area contributed by atoms with Crippen LogP contribution in [0.25, 0.3) is 10.9 Å². The third-order valence-corrected chi connectivity index (χ3v) is 8.74. The van der Waals surface area contributed by atoms with Crippen molar-refractivity contribution in [1.29, 1.82) is 5.26 Å². The number of fused-ring (bicyclic) bond motifs is 4. The van der Waals surface area contributed by atoms with Crippen LogP contribution in [0.3, 0.4) is 0 Å². The molecule has 0 unspecified atom stereocenters. The third-order valence-electron chi connectivity index (χ3n) is 8.25. The Labute approximate surface area is 208 Å². The van der Waals surface area contributed by atoms with Gasteiger partial charge in [-0.3, -0.25) is 4.79 Å². The lowest BCUT2D eigenvalue weighted by atomic mass is 9.70. The molecule has 0 amide bonds. The second-order valence-corrected chi connectivity index (χ2v) is 11.4. The topological polar surface area (TPSA) is 63.1 Å². The summed E-state index contributed by atoms with van der Waals surface area (Å²) in [4.78, 5) is 22.3. The summed E-state index contributed by atoms with van der Waals surface area (Å²) in [6, 6.07) is 13.0. The molecule has 0 spiro atoms. The molecular formula is C28H29BrN4O. The van der Waals surface area contributed by atoms with Gasteiger partial charge < -0.3 is 14.8 Å². The van der Waals surface area contributed by atoms with Gasteiger partial charge in [-0.25, -0.2) is 0 Å². The molecule has 2 aliphatic heterocycles. The lowest BCUT2D eigenvalue weighted by Crippen LogP contribution is -2.44. The Kier molecular flexibility index (Phi) is 5.13. The summed E-state index contributed by atoms with van der Waals surface area (Å²) in [7, 11) is 0. The maximum atomic E-state index is 13.7. The van der Waals surface area contributed by atoms with Gasteiger partial charge in [0, 0.05) is 51.2 Å². The number of halogens is 1. The molecule has 1 aromatic heterocycles. The van der Waals surface area contributed by atoms with Gasteiger partial charge in [-0.1, -0.05) is 35.8 Å². The number of nitrogens with one attached hydrogen (secondary N) is 1. The van der Waals surface area contributed by atoms with Crippen LogP contribution in [0.2, 0.25) is 0 Å². The summed E-state index contributed by atoms with van der Waals surface area (Å²) in [5.74, 6) is 0.00805. The molecule has 0 saturated carbocycles.